The number of carbonyl (C=O) groups is 1. The van der Waals surface area contributed by atoms with Crippen molar-refractivity contribution in [1.29, 1.82) is 0 Å². The number of ether oxygens (including phenoxy) is 1. The third-order valence-corrected chi connectivity index (χ3v) is 5.46. The minimum atomic E-state index is -4.47. The van der Waals surface area contributed by atoms with Gasteiger partial charge in [-0.15, -0.1) is 0 Å². The van der Waals surface area contributed by atoms with Crippen molar-refractivity contribution < 1.29 is 22.7 Å². The Bertz CT molecular complexity index is 1150. The van der Waals surface area contributed by atoms with Crippen LogP contribution in [0.1, 0.15) is 52.3 Å². The van der Waals surface area contributed by atoms with Gasteiger partial charge in [-0.2, -0.15) is 13.2 Å². The van der Waals surface area contributed by atoms with E-state index >= 15 is 0 Å². The molecule has 2 N–H and O–H groups in total. The summed E-state index contributed by atoms with van der Waals surface area (Å²) in [6, 6.07) is 3.41. The topological polar surface area (TPSA) is 94.2 Å². The summed E-state index contributed by atoms with van der Waals surface area (Å²) < 4.78 is 43.9. The lowest BCUT2D eigenvalue weighted by Gasteiger charge is -2.27. The second-order valence-electron chi connectivity index (χ2n) is 7.34. The van der Waals surface area contributed by atoms with Gasteiger partial charge in [0, 0.05) is 24.2 Å². The minimum absolute atomic E-state index is 0.195. The standard InChI is InChI=1S/C21H20F3N5O2/c1-3-18(15-5-4-11(7-26-15)21(22,23)24)29(2)20(30)16-6-12-13-9-31-10-14(13)19(25)28-17(12)8-27-16/h4-8,18H,3,9-10H2,1-2H3,(H2,25,28)/t18-/m0/s1. The highest BCUT2D eigenvalue weighted by Crippen LogP contribution is 2.32. The maximum absolute atomic E-state index is 13.1. The van der Waals surface area contributed by atoms with E-state index in [0.29, 0.717) is 36.7 Å². The fourth-order valence-corrected chi connectivity index (χ4v) is 3.77. The molecule has 1 atom stereocenters. The molecule has 1 aliphatic heterocycles. The van der Waals surface area contributed by atoms with E-state index in [9.17, 15) is 18.0 Å². The van der Waals surface area contributed by atoms with Crippen LogP contribution in [0, 0.1) is 0 Å². The molecule has 0 unspecified atom stereocenters. The summed E-state index contributed by atoms with van der Waals surface area (Å²) in [7, 11) is 1.58. The van der Waals surface area contributed by atoms with Crippen LogP contribution in [0.2, 0.25) is 0 Å². The quantitative estimate of drug-likeness (QED) is 0.674. The largest absolute Gasteiger partial charge is 0.417 e. The van der Waals surface area contributed by atoms with Gasteiger partial charge in [0.05, 0.1) is 42.2 Å². The number of pyridine rings is 3. The first-order valence-corrected chi connectivity index (χ1v) is 9.65. The number of rotatable bonds is 4. The highest BCUT2D eigenvalue weighted by molar-refractivity contribution is 5.97. The number of halogens is 3. The minimum Gasteiger partial charge on any atom is -0.383 e. The molecule has 3 aromatic heterocycles. The zero-order chi connectivity index (χ0) is 22.3. The molecule has 7 nitrogen and oxygen atoms in total. The molecule has 162 valence electrons. The van der Waals surface area contributed by atoms with Crippen molar-refractivity contribution in [1.82, 2.24) is 19.9 Å². The molecule has 4 heterocycles. The molecule has 10 heteroatoms. The van der Waals surface area contributed by atoms with Gasteiger partial charge in [0.15, 0.2) is 0 Å². The van der Waals surface area contributed by atoms with Gasteiger partial charge in [-0.1, -0.05) is 6.92 Å². The second-order valence-corrected chi connectivity index (χ2v) is 7.34. The molecule has 0 saturated heterocycles. The third kappa shape index (κ3) is 3.78. The van der Waals surface area contributed by atoms with Gasteiger partial charge < -0.3 is 15.4 Å². The number of carbonyl (C=O) groups excluding carboxylic acids is 1. The van der Waals surface area contributed by atoms with Gasteiger partial charge >= 0.3 is 6.18 Å². The van der Waals surface area contributed by atoms with E-state index in [-0.39, 0.29) is 11.6 Å². The summed E-state index contributed by atoms with van der Waals surface area (Å²) in [5.41, 5.74) is 7.97. The number of alkyl halides is 3. The molecule has 0 fully saturated rings. The van der Waals surface area contributed by atoms with Crippen molar-refractivity contribution >= 4 is 22.6 Å². The predicted molar refractivity (Wildman–Crippen MR) is 107 cm³/mol. The molecule has 31 heavy (non-hydrogen) atoms. The van der Waals surface area contributed by atoms with Gasteiger partial charge in [-0.3, -0.25) is 9.78 Å². The van der Waals surface area contributed by atoms with E-state index in [4.69, 9.17) is 10.5 Å². The lowest BCUT2D eigenvalue weighted by atomic mass is 10.0. The van der Waals surface area contributed by atoms with Crippen LogP contribution in [0.4, 0.5) is 19.0 Å². The van der Waals surface area contributed by atoms with Crippen molar-refractivity contribution in [3.05, 3.63) is 58.7 Å². The van der Waals surface area contributed by atoms with E-state index < -0.39 is 17.8 Å². The average molecular weight is 431 g/mol. The summed E-state index contributed by atoms with van der Waals surface area (Å²) in [5, 5.41) is 0.745. The van der Waals surface area contributed by atoms with Gasteiger partial charge in [-0.25, -0.2) is 9.97 Å². The number of nitrogen functional groups attached to an aromatic ring is 1. The smallest absolute Gasteiger partial charge is 0.383 e. The normalized spacial score (nSPS) is 14.5. The van der Waals surface area contributed by atoms with E-state index in [2.05, 4.69) is 15.0 Å². The van der Waals surface area contributed by atoms with Gasteiger partial charge in [-0.05, 0) is 30.2 Å². The monoisotopic (exact) mass is 431 g/mol. The number of nitrogens with zero attached hydrogens (tertiary/aromatic N) is 4. The molecule has 0 spiro atoms. The Morgan fingerprint density at radius 2 is 1.97 bits per heavy atom. The van der Waals surface area contributed by atoms with Crippen LogP contribution in [0.15, 0.2) is 30.6 Å². The summed E-state index contributed by atoms with van der Waals surface area (Å²) in [6.07, 6.45) is -1.73. The van der Waals surface area contributed by atoms with E-state index in [1.807, 2.05) is 6.92 Å². The lowest BCUT2D eigenvalue weighted by molar-refractivity contribution is -0.137. The number of anilines is 1. The SMILES string of the molecule is CC[C@@H](c1ccc(C(F)(F)F)cn1)N(C)C(=O)c1cc2c3c(c(N)nc2cn1)COC3. The molecule has 4 rings (SSSR count). The number of fused-ring (bicyclic) bond motifs is 3. The number of amides is 1. The third-order valence-electron chi connectivity index (χ3n) is 5.46. The van der Waals surface area contributed by atoms with Crippen molar-refractivity contribution in [2.75, 3.05) is 12.8 Å². The van der Waals surface area contributed by atoms with Crippen LogP contribution in [0.3, 0.4) is 0 Å². The van der Waals surface area contributed by atoms with Crippen molar-refractivity contribution in [3.63, 3.8) is 0 Å². The zero-order valence-corrected chi connectivity index (χ0v) is 16.9. The molecule has 1 aliphatic rings. The lowest BCUT2D eigenvalue weighted by Crippen LogP contribution is -2.32. The van der Waals surface area contributed by atoms with Crippen molar-refractivity contribution in [2.45, 2.75) is 38.8 Å². The summed E-state index contributed by atoms with van der Waals surface area (Å²) in [4.78, 5) is 27.1. The highest BCUT2D eigenvalue weighted by atomic mass is 19.4. The van der Waals surface area contributed by atoms with Crippen molar-refractivity contribution in [2.24, 2.45) is 0 Å². The predicted octanol–water partition coefficient (Wildman–Crippen LogP) is 3.88. The molecule has 0 aliphatic carbocycles. The maximum atomic E-state index is 13.1. The fourth-order valence-electron chi connectivity index (χ4n) is 3.77. The Kier molecular flexibility index (Phi) is 5.26. The van der Waals surface area contributed by atoms with Crippen molar-refractivity contribution in [3.8, 4) is 0 Å². The molecule has 0 radical (unpaired) electrons. The number of hydrogen-bond donors (Lipinski definition) is 1. The Morgan fingerprint density at radius 1 is 1.23 bits per heavy atom. The summed E-state index contributed by atoms with van der Waals surface area (Å²) in [5.74, 6) is 0.0114. The van der Waals surface area contributed by atoms with E-state index in [1.54, 1.807) is 13.1 Å². The first-order chi connectivity index (χ1) is 14.7. The van der Waals surface area contributed by atoms with Gasteiger partial charge in [0.25, 0.3) is 5.91 Å². The van der Waals surface area contributed by atoms with Crippen LogP contribution in [-0.2, 0) is 24.1 Å². The average Bonchev–Trinajstić information content (AvgIpc) is 3.24. The Morgan fingerprint density at radius 3 is 2.61 bits per heavy atom. The van der Waals surface area contributed by atoms with Crippen LogP contribution >= 0.6 is 0 Å². The highest BCUT2D eigenvalue weighted by Gasteiger charge is 2.32. The second kappa shape index (κ2) is 7.77. The number of hydrogen-bond acceptors (Lipinski definition) is 6. The van der Waals surface area contributed by atoms with Crippen LogP contribution in [0.25, 0.3) is 10.9 Å². The van der Waals surface area contributed by atoms with E-state index in [1.165, 1.54) is 17.2 Å². The molecule has 1 amide bonds. The molecular formula is C21H20F3N5O2. The maximum Gasteiger partial charge on any atom is 0.417 e. The molecule has 0 saturated carbocycles. The van der Waals surface area contributed by atoms with Gasteiger partial charge in [0.1, 0.15) is 11.5 Å². The Hall–Kier alpha value is -3.27. The molecule has 0 aromatic carbocycles. The first-order valence-electron chi connectivity index (χ1n) is 9.65. The van der Waals surface area contributed by atoms with E-state index in [0.717, 1.165) is 28.8 Å². The molecular weight excluding hydrogens is 411 g/mol. The fraction of sp³-hybridized carbons (Fsp3) is 0.333. The Balaban J connectivity index is 1.65. The van der Waals surface area contributed by atoms with Gasteiger partial charge in [0.2, 0.25) is 0 Å². The Labute approximate surface area is 176 Å². The molecule has 3 aromatic rings. The van der Waals surface area contributed by atoms with Crippen LogP contribution in [-0.4, -0.2) is 32.8 Å². The molecule has 0 bridgehead atoms. The summed E-state index contributed by atoms with van der Waals surface area (Å²) >= 11 is 0. The van der Waals surface area contributed by atoms with Crippen LogP contribution in [0.5, 0.6) is 0 Å². The number of nitrogens with two attached hydrogens (primary N) is 1. The summed E-state index contributed by atoms with van der Waals surface area (Å²) in [6.45, 7) is 2.57. The number of aromatic nitrogens is 3. The first kappa shape index (κ1) is 21.0. The zero-order valence-electron chi connectivity index (χ0n) is 16.9. The van der Waals surface area contributed by atoms with Crippen LogP contribution < -0.4 is 5.73 Å².